The van der Waals surface area contributed by atoms with Gasteiger partial charge in [0.1, 0.15) is 0 Å². The summed E-state index contributed by atoms with van der Waals surface area (Å²) in [7, 11) is 8.04. The Morgan fingerprint density at radius 3 is 1.74 bits per heavy atom. The molecule has 7 nitrogen and oxygen atoms in total. The Kier molecular flexibility index (Phi) is 13.1. The maximum absolute atomic E-state index is 12.8. The van der Waals surface area contributed by atoms with E-state index < -0.39 is 11.8 Å². The number of anilines is 1. The lowest BCUT2D eigenvalue weighted by atomic mass is 10.1. The highest BCUT2D eigenvalue weighted by atomic mass is 16.2. The zero-order valence-electron chi connectivity index (χ0n) is 20.5. The highest BCUT2D eigenvalue weighted by Crippen LogP contribution is 2.11. The van der Waals surface area contributed by atoms with Gasteiger partial charge in [0.15, 0.2) is 0 Å². The summed E-state index contributed by atoms with van der Waals surface area (Å²) >= 11 is 0. The minimum atomic E-state index is -0.564. The van der Waals surface area contributed by atoms with Gasteiger partial charge in [0.2, 0.25) is 0 Å². The number of hydrogen-bond donors (Lipinski definition) is 1. The van der Waals surface area contributed by atoms with Crippen molar-refractivity contribution < 1.29 is 9.59 Å². The molecule has 2 amide bonds. The van der Waals surface area contributed by atoms with E-state index in [4.69, 9.17) is 0 Å². The molecule has 1 rings (SSSR count). The SMILES string of the molecule is CCN(CC)CCc1ccc(NC(=O)C(=O)N(CCCN(C)C)CCCN(C)C)cc1. The second-order valence-corrected chi connectivity index (χ2v) is 8.53. The fourth-order valence-corrected chi connectivity index (χ4v) is 3.38. The van der Waals surface area contributed by atoms with Crippen molar-refractivity contribution in [1.82, 2.24) is 19.6 Å². The summed E-state index contributed by atoms with van der Waals surface area (Å²) in [5, 5.41) is 2.77. The van der Waals surface area contributed by atoms with Crippen LogP contribution in [0.2, 0.25) is 0 Å². The molecule has 31 heavy (non-hydrogen) atoms. The summed E-state index contributed by atoms with van der Waals surface area (Å²) in [6.45, 7) is 10.4. The van der Waals surface area contributed by atoms with Crippen LogP contribution >= 0.6 is 0 Å². The van der Waals surface area contributed by atoms with Crippen molar-refractivity contribution in [3.63, 3.8) is 0 Å². The molecule has 176 valence electrons. The van der Waals surface area contributed by atoms with Crippen molar-refractivity contribution in [2.45, 2.75) is 33.1 Å². The molecule has 7 heteroatoms. The number of carbonyl (C=O) groups excluding carboxylic acids is 2. The van der Waals surface area contributed by atoms with Crippen LogP contribution in [0.4, 0.5) is 5.69 Å². The smallest absolute Gasteiger partial charge is 0.313 e. The second kappa shape index (κ2) is 14.9. The molecule has 1 N–H and O–H groups in total. The van der Waals surface area contributed by atoms with E-state index in [1.807, 2.05) is 52.5 Å². The zero-order chi connectivity index (χ0) is 23.2. The summed E-state index contributed by atoms with van der Waals surface area (Å²) in [6.07, 6.45) is 2.66. The Labute approximate surface area is 189 Å². The molecular formula is C24H43N5O2. The van der Waals surface area contributed by atoms with Crippen LogP contribution < -0.4 is 5.32 Å². The van der Waals surface area contributed by atoms with Crippen LogP contribution in [0.3, 0.4) is 0 Å². The molecule has 1 aromatic rings. The zero-order valence-corrected chi connectivity index (χ0v) is 20.5. The van der Waals surface area contributed by atoms with Crippen LogP contribution in [0.25, 0.3) is 0 Å². The van der Waals surface area contributed by atoms with Crippen LogP contribution in [0.5, 0.6) is 0 Å². The van der Waals surface area contributed by atoms with Gasteiger partial charge in [-0.1, -0.05) is 26.0 Å². The van der Waals surface area contributed by atoms with Crippen LogP contribution in [0.1, 0.15) is 32.3 Å². The number of amides is 2. The number of hydrogen-bond acceptors (Lipinski definition) is 5. The quantitative estimate of drug-likeness (QED) is 0.456. The molecule has 0 aliphatic rings. The summed E-state index contributed by atoms with van der Waals surface area (Å²) in [5.74, 6) is -1.02. The Morgan fingerprint density at radius 1 is 0.774 bits per heavy atom. The molecule has 0 saturated carbocycles. The minimum Gasteiger partial charge on any atom is -0.334 e. The number of carbonyl (C=O) groups is 2. The molecule has 0 aromatic heterocycles. The normalized spacial score (nSPS) is 11.4. The molecule has 0 atom stereocenters. The van der Waals surface area contributed by atoms with Crippen molar-refractivity contribution in [3.8, 4) is 0 Å². The van der Waals surface area contributed by atoms with Gasteiger partial charge in [-0.2, -0.15) is 0 Å². The average Bonchev–Trinajstić information content (AvgIpc) is 2.73. The molecule has 0 radical (unpaired) electrons. The van der Waals surface area contributed by atoms with E-state index in [1.54, 1.807) is 4.90 Å². The Bertz CT molecular complexity index is 628. The first-order valence-electron chi connectivity index (χ1n) is 11.5. The Balaban J connectivity index is 2.64. The van der Waals surface area contributed by atoms with Gasteiger partial charge in [-0.15, -0.1) is 0 Å². The van der Waals surface area contributed by atoms with Gasteiger partial charge in [0.05, 0.1) is 0 Å². The Hall–Kier alpha value is -1.96. The van der Waals surface area contributed by atoms with Crippen LogP contribution in [0, 0.1) is 0 Å². The van der Waals surface area contributed by atoms with Crippen LogP contribution in [0.15, 0.2) is 24.3 Å². The van der Waals surface area contributed by atoms with Gasteiger partial charge in [-0.3, -0.25) is 9.59 Å². The topological polar surface area (TPSA) is 59.1 Å². The van der Waals surface area contributed by atoms with E-state index in [0.29, 0.717) is 18.8 Å². The van der Waals surface area contributed by atoms with E-state index in [-0.39, 0.29) is 0 Å². The molecule has 0 saturated heterocycles. The van der Waals surface area contributed by atoms with Crippen LogP contribution in [-0.2, 0) is 16.0 Å². The van der Waals surface area contributed by atoms with Gasteiger partial charge in [-0.05, 0) is 91.3 Å². The first kappa shape index (κ1) is 27.1. The lowest BCUT2D eigenvalue weighted by Crippen LogP contribution is -2.42. The number of nitrogens with zero attached hydrogens (tertiary/aromatic N) is 4. The van der Waals surface area contributed by atoms with E-state index in [0.717, 1.165) is 52.0 Å². The molecule has 1 aromatic carbocycles. The van der Waals surface area contributed by atoms with E-state index in [9.17, 15) is 9.59 Å². The first-order chi connectivity index (χ1) is 14.8. The van der Waals surface area contributed by atoms with Crippen molar-refractivity contribution in [3.05, 3.63) is 29.8 Å². The molecular weight excluding hydrogens is 390 g/mol. The summed E-state index contributed by atoms with van der Waals surface area (Å²) < 4.78 is 0. The second-order valence-electron chi connectivity index (χ2n) is 8.53. The highest BCUT2D eigenvalue weighted by Gasteiger charge is 2.21. The predicted octanol–water partition coefficient (Wildman–Crippen LogP) is 2.24. The van der Waals surface area contributed by atoms with Gasteiger partial charge in [0, 0.05) is 25.3 Å². The van der Waals surface area contributed by atoms with Crippen molar-refractivity contribution in [2.24, 2.45) is 0 Å². The molecule has 0 spiro atoms. The predicted molar refractivity (Wildman–Crippen MR) is 129 cm³/mol. The molecule has 0 heterocycles. The molecule has 0 fully saturated rings. The molecule has 0 bridgehead atoms. The number of benzene rings is 1. The van der Waals surface area contributed by atoms with Crippen LogP contribution in [-0.4, -0.2) is 105 Å². The standard InChI is InChI=1S/C24H43N5O2/c1-7-28(8-2)20-15-21-11-13-22(14-12-21)25-23(30)24(31)29(18-9-16-26(3)4)19-10-17-27(5)6/h11-14H,7-10,15-20H2,1-6H3,(H,25,30). The van der Waals surface area contributed by atoms with Gasteiger partial charge in [-0.25, -0.2) is 0 Å². The van der Waals surface area contributed by atoms with Crippen molar-refractivity contribution in [2.75, 3.05) is 79.3 Å². The van der Waals surface area contributed by atoms with Gasteiger partial charge in [0.25, 0.3) is 0 Å². The third kappa shape index (κ3) is 11.3. The average molecular weight is 434 g/mol. The largest absolute Gasteiger partial charge is 0.334 e. The number of rotatable bonds is 14. The Morgan fingerprint density at radius 2 is 1.29 bits per heavy atom. The first-order valence-corrected chi connectivity index (χ1v) is 11.5. The lowest BCUT2D eigenvalue weighted by Gasteiger charge is -2.24. The van der Waals surface area contributed by atoms with Crippen molar-refractivity contribution >= 4 is 17.5 Å². The maximum Gasteiger partial charge on any atom is 0.313 e. The molecule has 0 unspecified atom stereocenters. The summed E-state index contributed by atoms with van der Waals surface area (Å²) in [6, 6.07) is 7.81. The third-order valence-corrected chi connectivity index (χ3v) is 5.37. The number of nitrogens with one attached hydrogen (secondary N) is 1. The van der Waals surface area contributed by atoms with Gasteiger partial charge < -0.3 is 24.9 Å². The van der Waals surface area contributed by atoms with Gasteiger partial charge >= 0.3 is 11.8 Å². The van der Waals surface area contributed by atoms with E-state index >= 15 is 0 Å². The monoisotopic (exact) mass is 433 g/mol. The molecule has 0 aliphatic carbocycles. The fourth-order valence-electron chi connectivity index (χ4n) is 3.38. The minimum absolute atomic E-state index is 0.455. The number of likely N-dealkylation sites (N-methyl/N-ethyl adjacent to an activating group) is 1. The highest BCUT2D eigenvalue weighted by molar-refractivity contribution is 6.39. The third-order valence-electron chi connectivity index (χ3n) is 5.37. The van der Waals surface area contributed by atoms with E-state index in [1.165, 1.54) is 5.56 Å². The molecule has 0 aliphatic heterocycles. The summed E-state index contributed by atoms with van der Waals surface area (Å²) in [5.41, 5.74) is 1.89. The fraction of sp³-hybridized carbons (Fsp3) is 0.667. The summed E-state index contributed by atoms with van der Waals surface area (Å²) in [4.78, 5) is 33.6. The van der Waals surface area contributed by atoms with Crippen molar-refractivity contribution in [1.29, 1.82) is 0 Å². The maximum atomic E-state index is 12.8. The lowest BCUT2D eigenvalue weighted by molar-refractivity contribution is -0.143. The van der Waals surface area contributed by atoms with E-state index in [2.05, 4.69) is 33.9 Å².